The van der Waals surface area contributed by atoms with E-state index in [0.717, 1.165) is 16.1 Å². The molecule has 0 heterocycles. The Balaban J connectivity index is 1.72. The first-order chi connectivity index (χ1) is 18.4. The summed E-state index contributed by atoms with van der Waals surface area (Å²) in [6.07, 6.45) is 2.43. The zero-order valence-electron chi connectivity index (χ0n) is 21.4. The van der Waals surface area contributed by atoms with Crippen molar-refractivity contribution in [2.75, 3.05) is 24.8 Å². The number of methoxy groups -OCH3 is 2. The molecule has 0 aliphatic rings. The number of sulfonamides is 1. The number of rotatable bonds is 11. The van der Waals surface area contributed by atoms with Crippen molar-refractivity contribution in [3.8, 4) is 17.2 Å². The van der Waals surface area contributed by atoms with Crippen molar-refractivity contribution in [2.24, 2.45) is 5.10 Å². The normalized spacial score (nSPS) is 12.2. The Hall–Kier alpha value is -2.99. The number of halogens is 3. The lowest BCUT2D eigenvalue weighted by atomic mass is 10.2. The van der Waals surface area contributed by atoms with E-state index < -0.39 is 22.0 Å². The minimum absolute atomic E-state index is 0.220. The van der Waals surface area contributed by atoms with Crippen LogP contribution in [0.4, 0.5) is 5.69 Å². The number of carbonyl (C=O) groups is 1. The second kappa shape index (κ2) is 13.4. The first kappa shape index (κ1) is 30.6. The predicted molar refractivity (Wildman–Crippen MR) is 157 cm³/mol. The maximum atomic E-state index is 12.8. The molecule has 0 unspecified atom stereocenters. The number of hydrogen-bond acceptors (Lipinski definition) is 7. The lowest BCUT2D eigenvalue weighted by Gasteiger charge is -2.27. The number of anilines is 1. The van der Waals surface area contributed by atoms with Gasteiger partial charge in [-0.1, -0.05) is 29.3 Å². The molecule has 208 valence electrons. The van der Waals surface area contributed by atoms with Crippen LogP contribution in [0.3, 0.4) is 0 Å². The zero-order chi connectivity index (χ0) is 28.7. The molecule has 0 aliphatic heterocycles. The van der Waals surface area contributed by atoms with Crippen LogP contribution >= 0.6 is 39.1 Å². The summed E-state index contributed by atoms with van der Waals surface area (Å²) < 4.78 is 43.1. The summed E-state index contributed by atoms with van der Waals surface area (Å²) in [6, 6.07) is 13.9. The Morgan fingerprint density at radius 1 is 1.08 bits per heavy atom. The quantitative estimate of drug-likeness (QED) is 0.211. The van der Waals surface area contributed by atoms with Crippen molar-refractivity contribution in [1.82, 2.24) is 5.43 Å². The highest BCUT2D eigenvalue weighted by Crippen LogP contribution is 2.37. The molecule has 0 aliphatic carbocycles. The molecule has 0 radical (unpaired) electrons. The molecule has 1 N–H and O–H groups in total. The second-order valence-electron chi connectivity index (χ2n) is 8.24. The lowest BCUT2D eigenvalue weighted by Crippen LogP contribution is -2.46. The Bertz CT molecular complexity index is 1470. The summed E-state index contributed by atoms with van der Waals surface area (Å²) >= 11 is 15.5. The molecule has 0 saturated carbocycles. The summed E-state index contributed by atoms with van der Waals surface area (Å²) in [4.78, 5) is 12.8. The minimum atomic E-state index is -3.78. The molecule has 0 fully saturated rings. The Kier molecular flexibility index (Phi) is 10.5. The summed E-state index contributed by atoms with van der Waals surface area (Å²) in [5.41, 5.74) is 4.11. The van der Waals surface area contributed by atoms with Crippen molar-refractivity contribution in [1.29, 1.82) is 0 Å². The maximum absolute atomic E-state index is 12.8. The zero-order valence-corrected chi connectivity index (χ0v) is 25.4. The van der Waals surface area contributed by atoms with E-state index in [1.807, 2.05) is 0 Å². The highest BCUT2D eigenvalue weighted by Gasteiger charge is 2.29. The number of hydrogen-bond donors (Lipinski definition) is 1. The third kappa shape index (κ3) is 8.01. The van der Waals surface area contributed by atoms with Crippen molar-refractivity contribution >= 4 is 67.0 Å². The van der Waals surface area contributed by atoms with Gasteiger partial charge in [-0.15, -0.1) is 0 Å². The number of benzene rings is 3. The first-order valence-electron chi connectivity index (χ1n) is 11.3. The summed E-state index contributed by atoms with van der Waals surface area (Å²) in [5, 5.41) is 4.87. The van der Waals surface area contributed by atoms with E-state index >= 15 is 0 Å². The van der Waals surface area contributed by atoms with Gasteiger partial charge in [0, 0.05) is 0 Å². The van der Waals surface area contributed by atoms with Crippen LogP contribution in [-0.2, 0) is 21.4 Å². The molecular formula is C26H26BrCl2N3O6S. The van der Waals surface area contributed by atoms with Crippen LogP contribution in [0.1, 0.15) is 18.1 Å². The molecule has 0 aromatic heterocycles. The predicted octanol–water partition coefficient (Wildman–Crippen LogP) is 5.66. The fraction of sp³-hybridized carbons (Fsp3) is 0.231. The Morgan fingerprint density at radius 3 is 2.36 bits per heavy atom. The average Bonchev–Trinajstić information content (AvgIpc) is 2.89. The summed E-state index contributed by atoms with van der Waals surface area (Å²) in [6.45, 7) is 1.69. The van der Waals surface area contributed by atoms with Gasteiger partial charge >= 0.3 is 0 Å². The van der Waals surface area contributed by atoms with Gasteiger partial charge in [-0.2, -0.15) is 5.10 Å². The van der Waals surface area contributed by atoms with Gasteiger partial charge in [0.25, 0.3) is 5.91 Å². The standard InChI is InChI=1S/C26H26BrCl2N3O6S/c1-16(32(39(4,34)35)19-6-8-20(36-2)9-7-19)26(33)31-30-14-18-11-21(27)25(24(13-18)37-3)38-15-17-5-10-22(28)23(29)12-17/h5-14,16H,15H2,1-4H3,(H,31,33)/b30-14-/t16-/m0/s1. The molecule has 13 heteroatoms. The van der Waals surface area contributed by atoms with Gasteiger partial charge in [-0.3, -0.25) is 9.10 Å². The molecule has 3 aromatic carbocycles. The Morgan fingerprint density at radius 2 is 1.77 bits per heavy atom. The third-order valence-electron chi connectivity index (χ3n) is 5.42. The molecule has 0 spiro atoms. The minimum Gasteiger partial charge on any atom is -0.497 e. The molecule has 3 rings (SSSR count). The first-order valence-corrected chi connectivity index (χ1v) is 14.7. The molecule has 1 atom stereocenters. The summed E-state index contributed by atoms with van der Waals surface area (Å²) in [5.74, 6) is 0.816. The topological polar surface area (TPSA) is 107 Å². The van der Waals surface area contributed by atoms with E-state index in [0.29, 0.717) is 43.0 Å². The van der Waals surface area contributed by atoms with Crippen LogP contribution in [0.5, 0.6) is 17.2 Å². The number of hydrazone groups is 1. The smallest absolute Gasteiger partial charge is 0.263 e. The molecule has 9 nitrogen and oxygen atoms in total. The van der Waals surface area contributed by atoms with E-state index in [2.05, 4.69) is 26.5 Å². The number of amides is 1. The molecule has 39 heavy (non-hydrogen) atoms. The van der Waals surface area contributed by atoms with Crippen LogP contribution in [0.25, 0.3) is 0 Å². The number of nitrogens with zero attached hydrogens (tertiary/aromatic N) is 2. The molecule has 1 amide bonds. The van der Waals surface area contributed by atoms with Crippen molar-refractivity contribution in [3.63, 3.8) is 0 Å². The van der Waals surface area contributed by atoms with E-state index in [1.165, 1.54) is 27.4 Å². The van der Waals surface area contributed by atoms with Crippen LogP contribution in [0.15, 0.2) is 64.2 Å². The lowest BCUT2D eigenvalue weighted by molar-refractivity contribution is -0.121. The van der Waals surface area contributed by atoms with Crippen LogP contribution in [-0.4, -0.2) is 47.1 Å². The van der Waals surface area contributed by atoms with Crippen molar-refractivity contribution < 1.29 is 27.4 Å². The fourth-order valence-electron chi connectivity index (χ4n) is 3.54. The van der Waals surface area contributed by atoms with Gasteiger partial charge in [0.15, 0.2) is 11.5 Å². The van der Waals surface area contributed by atoms with Gasteiger partial charge in [0.05, 0.1) is 46.9 Å². The average molecular weight is 659 g/mol. The van der Waals surface area contributed by atoms with E-state index in [-0.39, 0.29) is 6.61 Å². The van der Waals surface area contributed by atoms with Crippen LogP contribution < -0.4 is 23.9 Å². The van der Waals surface area contributed by atoms with E-state index in [4.69, 9.17) is 37.4 Å². The largest absolute Gasteiger partial charge is 0.497 e. The van der Waals surface area contributed by atoms with Gasteiger partial charge < -0.3 is 14.2 Å². The van der Waals surface area contributed by atoms with Crippen LogP contribution in [0.2, 0.25) is 10.0 Å². The maximum Gasteiger partial charge on any atom is 0.263 e. The fourth-order valence-corrected chi connectivity index (χ4v) is 5.61. The summed E-state index contributed by atoms with van der Waals surface area (Å²) in [7, 11) is -0.778. The molecular weight excluding hydrogens is 633 g/mol. The number of nitrogens with one attached hydrogen (secondary N) is 1. The molecule has 3 aromatic rings. The van der Waals surface area contributed by atoms with Crippen molar-refractivity contribution in [2.45, 2.75) is 19.6 Å². The second-order valence-corrected chi connectivity index (χ2v) is 11.8. The SMILES string of the molecule is COc1ccc(N([C@@H](C)C(=O)N/N=C\c2cc(Br)c(OCc3ccc(Cl)c(Cl)c3)c(OC)c2)S(C)(=O)=O)cc1. The highest BCUT2D eigenvalue weighted by molar-refractivity contribution is 9.10. The molecule has 0 saturated heterocycles. The van der Waals surface area contributed by atoms with Crippen molar-refractivity contribution in [3.05, 3.63) is 80.2 Å². The highest BCUT2D eigenvalue weighted by atomic mass is 79.9. The van der Waals surface area contributed by atoms with E-state index in [1.54, 1.807) is 54.6 Å². The van der Waals surface area contributed by atoms with Gasteiger partial charge in [0.2, 0.25) is 10.0 Å². The number of carbonyl (C=O) groups excluding carboxylic acids is 1. The Labute approximate surface area is 245 Å². The van der Waals surface area contributed by atoms with Gasteiger partial charge in [0.1, 0.15) is 18.4 Å². The third-order valence-corrected chi connectivity index (χ3v) is 7.99. The van der Waals surface area contributed by atoms with Gasteiger partial charge in [-0.05, 0) is 82.5 Å². The van der Waals surface area contributed by atoms with E-state index in [9.17, 15) is 13.2 Å². The number of ether oxygens (including phenoxy) is 3. The molecule has 0 bridgehead atoms. The monoisotopic (exact) mass is 657 g/mol. The van der Waals surface area contributed by atoms with Gasteiger partial charge in [-0.25, -0.2) is 13.8 Å². The van der Waals surface area contributed by atoms with Crippen LogP contribution in [0, 0.1) is 0 Å².